The van der Waals surface area contributed by atoms with E-state index in [0.717, 1.165) is 4.90 Å². The number of halogens is 6. The van der Waals surface area contributed by atoms with Gasteiger partial charge >= 0.3 is 6.18 Å². The first kappa shape index (κ1) is 50.4. The lowest BCUT2D eigenvalue weighted by atomic mass is 9.98. The molecule has 0 aliphatic carbocycles. The predicted molar refractivity (Wildman–Crippen MR) is 220 cm³/mol. The minimum Gasteiger partial charge on any atom is -0.361 e. The van der Waals surface area contributed by atoms with E-state index < -0.39 is 103 Å². The van der Waals surface area contributed by atoms with Crippen LogP contribution in [0, 0.1) is 5.92 Å². The van der Waals surface area contributed by atoms with E-state index in [9.17, 15) is 51.1 Å². The van der Waals surface area contributed by atoms with E-state index in [1.165, 1.54) is 30.8 Å². The van der Waals surface area contributed by atoms with Crippen molar-refractivity contribution in [3.05, 3.63) is 33.8 Å². The van der Waals surface area contributed by atoms with Gasteiger partial charge in [-0.3, -0.25) is 33.6 Å². The van der Waals surface area contributed by atoms with Crippen molar-refractivity contribution in [2.75, 3.05) is 40.8 Å². The van der Waals surface area contributed by atoms with Gasteiger partial charge in [0.25, 0.3) is 5.91 Å². The van der Waals surface area contributed by atoms with Crippen molar-refractivity contribution >= 4 is 64.6 Å². The Morgan fingerprint density at radius 1 is 1.02 bits per heavy atom. The number of nitrogens with zero attached hydrogens (tertiary/aromatic N) is 4. The second-order valence-corrected chi connectivity index (χ2v) is 17.7. The molecule has 1 aromatic carbocycles. The number of likely N-dealkylation sites (tertiary alicyclic amines) is 1. The van der Waals surface area contributed by atoms with Crippen LogP contribution < -0.4 is 16.0 Å². The molecule has 4 rings (SSSR count). The summed E-state index contributed by atoms with van der Waals surface area (Å²) in [5.74, 6) is -5.97. The van der Waals surface area contributed by atoms with Gasteiger partial charge < -0.3 is 40.3 Å². The maximum Gasteiger partial charge on any atom is 0.426 e. The number of alkyl halides is 4. The highest BCUT2D eigenvalue weighted by molar-refractivity contribution is 6.33. The van der Waals surface area contributed by atoms with Crippen LogP contribution in [-0.2, 0) is 44.7 Å². The largest absolute Gasteiger partial charge is 0.426 e. The minimum absolute atomic E-state index is 0.0362. The summed E-state index contributed by atoms with van der Waals surface area (Å²) < 4.78 is 60.8. The third kappa shape index (κ3) is 11.5. The summed E-state index contributed by atoms with van der Waals surface area (Å²) in [6, 6.07) is -2.82. The van der Waals surface area contributed by atoms with E-state index in [-0.39, 0.29) is 44.2 Å². The molecule has 3 aliphatic heterocycles. The number of carbonyl (C=O) groups is 7. The second kappa shape index (κ2) is 21.0. The molecule has 8 atom stereocenters. The molecule has 0 spiro atoms. The molecule has 15 nitrogen and oxygen atoms in total. The maximum absolute atomic E-state index is 14.6. The van der Waals surface area contributed by atoms with Crippen LogP contribution in [0.3, 0.4) is 0 Å². The molecule has 0 saturated carbocycles. The molecule has 346 valence electrons. The molecule has 7 amide bonds. The van der Waals surface area contributed by atoms with Gasteiger partial charge in [0.1, 0.15) is 42.4 Å². The third-order valence-corrected chi connectivity index (χ3v) is 12.5. The summed E-state index contributed by atoms with van der Waals surface area (Å²) in [5, 5.41) is 8.68. The summed E-state index contributed by atoms with van der Waals surface area (Å²) >= 11 is 12.8. The zero-order valence-corrected chi connectivity index (χ0v) is 37.5. The van der Waals surface area contributed by atoms with Crippen molar-refractivity contribution in [2.24, 2.45) is 5.92 Å². The lowest BCUT2D eigenvalue weighted by Gasteiger charge is -2.36. The Labute approximate surface area is 368 Å². The number of amides is 7. The van der Waals surface area contributed by atoms with E-state index in [0.29, 0.717) is 60.2 Å². The van der Waals surface area contributed by atoms with Gasteiger partial charge in [-0.2, -0.15) is 13.2 Å². The molecule has 1 unspecified atom stereocenters. The smallest absolute Gasteiger partial charge is 0.361 e. The molecule has 0 aromatic heterocycles. The molecule has 21 heteroatoms. The van der Waals surface area contributed by atoms with Gasteiger partial charge in [-0.1, -0.05) is 37.0 Å². The van der Waals surface area contributed by atoms with Gasteiger partial charge in [0.15, 0.2) is 0 Å². The number of carbonyl (C=O) groups excluding carboxylic acids is 7. The van der Waals surface area contributed by atoms with Crippen molar-refractivity contribution in [2.45, 2.75) is 133 Å². The van der Waals surface area contributed by atoms with Crippen molar-refractivity contribution in [1.82, 2.24) is 35.6 Å². The number of fused-ring (bicyclic) bond motifs is 1. The molecule has 3 N–H and O–H groups in total. The highest BCUT2D eigenvalue weighted by atomic mass is 35.5. The van der Waals surface area contributed by atoms with Crippen LogP contribution in [0.4, 0.5) is 17.6 Å². The van der Waals surface area contributed by atoms with Crippen molar-refractivity contribution in [1.29, 1.82) is 0 Å². The van der Waals surface area contributed by atoms with Crippen LogP contribution in [0.1, 0.15) is 78.2 Å². The van der Waals surface area contributed by atoms with E-state index >= 15 is 0 Å². The van der Waals surface area contributed by atoms with E-state index in [1.54, 1.807) is 18.2 Å². The molecule has 3 aliphatic rings. The van der Waals surface area contributed by atoms with Gasteiger partial charge in [0, 0.05) is 57.2 Å². The lowest BCUT2D eigenvalue weighted by molar-refractivity contribution is -0.258. The highest BCUT2D eigenvalue weighted by Gasteiger charge is 2.61. The lowest BCUT2D eigenvalue weighted by Crippen LogP contribution is -2.61. The molecule has 3 saturated heterocycles. The summed E-state index contributed by atoms with van der Waals surface area (Å²) in [5.41, 5.74) is -2.90. The fourth-order valence-electron chi connectivity index (χ4n) is 8.13. The Bertz CT molecular complexity index is 1860. The first-order valence-corrected chi connectivity index (χ1v) is 21.4. The molecule has 1 aromatic rings. The van der Waals surface area contributed by atoms with Crippen LogP contribution in [0.5, 0.6) is 0 Å². The average Bonchev–Trinajstić information content (AvgIpc) is 3.86. The Hall–Kier alpha value is -4.23. The average molecular weight is 923 g/mol. The molecule has 3 fully saturated rings. The number of methoxy groups -OCH3 is 1. The summed E-state index contributed by atoms with van der Waals surface area (Å²) in [7, 11) is 3.39. The number of hydrogen-bond donors (Lipinski definition) is 3. The topological polar surface area (TPSA) is 178 Å². The SMILES string of the molecule is COC(C)(C(=O)N1C[C@H](F)C[C@H]1C(=O)N[C@@H](C)C(=O)N(C)[C@H]1CCCCNC(=O)[C@H]2CCCN2C(=O)[C@H](Cc2cc(Cl)ccc2Cl)N(C)C(=O)[C@H](CC(C)C)NC1=O)C(F)(F)F. The van der Waals surface area contributed by atoms with E-state index in [4.69, 9.17) is 23.2 Å². The number of benzene rings is 1. The molecule has 3 heterocycles. The molecule has 0 radical (unpaired) electrons. The highest BCUT2D eigenvalue weighted by Crippen LogP contribution is 2.37. The van der Waals surface area contributed by atoms with E-state index in [2.05, 4.69) is 20.7 Å². The normalized spacial score (nSPS) is 26.1. The van der Waals surface area contributed by atoms with Crippen LogP contribution in [0.15, 0.2) is 18.2 Å². The van der Waals surface area contributed by atoms with Gasteiger partial charge in [-0.05, 0) is 82.1 Å². The number of rotatable bonds is 10. The van der Waals surface area contributed by atoms with Crippen LogP contribution >= 0.6 is 23.2 Å². The zero-order chi connectivity index (χ0) is 46.4. The molecule has 0 bridgehead atoms. The fourth-order valence-corrected chi connectivity index (χ4v) is 8.52. The monoisotopic (exact) mass is 921 g/mol. The molecular weight excluding hydrogens is 865 g/mol. The second-order valence-electron chi connectivity index (χ2n) is 16.8. The molecular formula is C41H57Cl2F4N7O8. The predicted octanol–water partition coefficient (Wildman–Crippen LogP) is 3.42. The van der Waals surface area contributed by atoms with Gasteiger partial charge in [0.05, 0.1) is 6.54 Å². The fraction of sp³-hybridized carbons (Fsp3) is 0.683. The van der Waals surface area contributed by atoms with Crippen LogP contribution in [-0.4, -0.2) is 156 Å². The summed E-state index contributed by atoms with van der Waals surface area (Å²) in [6.07, 6.45) is -5.98. The van der Waals surface area contributed by atoms with Gasteiger partial charge in [-0.15, -0.1) is 0 Å². The van der Waals surface area contributed by atoms with E-state index in [1.807, 2.05) is 13.8 Å². The number of nitrogens with one attached hydrogen (secondary N) is 3. The Kier molecular flexibility index (Phi) is 17.0. The first-order chi connectivity index (χ1) is 28.9. The maximum atomic E-state index is 14.6. The quantitative estimate of drug-likeness (QED) is 0.299. The Morgan fingerprint density at radius 3 is 2.32 bits per heavy atom. The summed E-state index contributed by atoms with van der Waals surface area (Å²) in [4.78, 5) is 101. The van der Waals surface area contributed by atoms with Crippen LogP contribution in [0.2, 0.25) is 10.0 Å². The van der Waals surface area contributed by atoms with Crippen molar-refractivity contribution in [3.63, 3.8) is 0 Å². The van der Waals surface area contributed by atoms with Crippen LogP contribution in [0.25, 0.3) is 0 Å². The Morgan fingerprint density at radius 2 is 1.69 bits per heavy atom. The zero-order valence-electron chi connectivity index (χ0n) is 36.0. The van der Waals surface area contributed by atoms with Crippen molar-refractivity contribution in [3.8, 4) is 0 Å². The standard InChI is InChI=1S/C41H57Cl2F4N7O8/c1-22(2)17-28-37(59)52(6)32(19-24-18-25(42)13-14-27(24)43)38(60)53-16-10-12-30(53)33(55)48-15-9-8-11-29(34(56)50-28)51(5)36(58)23(3)49-35(57)31-20-26(44)21-54(31)39(61)40(4,62-7)41(45,46)47/h13-14,18,22-23,26,28-32H,8-12,15-17,19-21H2,1-7H3,(H,48,55)(H,49,57)(H,50,56)/t23-,26+,28-,29-,30+,31-,32-,40?/m0/s1. The Balaban J connectivity index is 1.62. The minimum atomic E-state index is -5.20. The first-order valence-electron chi connectivity index (χ1n) is 20.7. The summed E-state index contributed by atoms with van der Waals surface area (Å²) in [6.45, 7) is 5.05. The van der Waals surface area contributed by atoms with Gasteiger partial charge in [-0.25, -0.2) is 4.39 Å². The van der Waals surface area contributed by atoms with Crippen molar-refractivity contribution < 1.29 is 55.9 Å². The number of ether oxygens (including phenoxy) is 1. The molecule has 62 heavy (non-hydrogen) atoms. The van der Waals surface area contributed by atoms with Gasteiger partial charge in [0.2, 0.25) is 41.0 Å². The third-order valence-electron chi connectivity index (χ3n) is 11.9. The number of likely N-dealkylation sites (N-methyl/N-ethyl adjacent to an activating group) is 2. The number of hydrogen-bond acceptors (Lipinski definition) is 8.